The number of nitrogens with zero attached hydrogens (tertiary/aromatic N) is 1. The number of hydrogen-bond donors (Lipinski definition) is 2. The van der Waals surface area contributed by atoms with Gasteiger partial charge in [-0.1, -0.05) is 24.3 Å². The molecule has 26 heavy (non-hydrogen) atoms. The summed E-state index contributed by atoms with van der Waals surface area (Å²) in [5.74, 6) is -0.447. The molecule has 7 heteroatoms. The first kappa shape index (κ1) is 16.3. The van der Waals surface area contributed by atoms with Gasteiger partial charge in [0.2, 0.25) is 0 Å². The molecule has 1 aromatic carbocycles. The Kier molecular flexibility index (Phi) is 4.14. The van der Waals surface area contributed by atoms with Gasteiger partial charge in [0.05, 0.1) is 39.4 Å². The summed E-state index contributed by atoms with van der Waals surface area (Å²) >= 11 is 1.52. The standard InChI is InChI=1S/C19H15N3O3S/c1-2-25-19(24)16-11-6-3-4-7-13(11)20-14(16)10-12-17(21-22-18(12)23)15-8-5-9-26-15/h3-10H,2H2,1H3,(H2,21,22,23). The minimum Gasteiger partial charge on any atom is -0.462 e. The van der Waals surface area contributed by atoms with E-state index in [0.29, 0.717) is 33.1 Å². The molecule has 3 heterocycles. The Morgan fingerprint density at radius 2 is 2.08 bits per heavy atom. The van der Waals surface area contributed by atoms with E-state index in [1.54, 1.807) is 13.0 Å². The molecular weight excluding hydrogens is 350 g/mol. The average molecular weight is 365 g/mol. The zero-order valence-corrected chi connectivity index (χ0v) is 14.7. The first-order valence-corrected chi connectivity index (χ1v) is 8.98. The average Bonchev–Trinajstić information content (AvgIpc) is 3.35. The molecule has 3 aromatic rings. The summed E-state index contributed by atoms with van der Waals surface area (Å²) in [4.78, 5) is 30.3. The molecular formula is C19H15N3O3S. The molecule has 0 spiro atoms. The molecule has 0 saturated heterocycles. The highest BCUT2D eigenvalue weighted by Gasteiger charge is 2.23. The molecule has 1 aliphatic rings. The minimum absolute atomic E-state index is 0.267. The molecule has 0 bridgehead atoms. The largest absolute Gasteiger partial charge is 0.462 e. The molecule has 2 aromatic heterocycles. The maximum atomic E-state index is 12.5. The van der Waals surface area contributed by atoms with Crippen LogP contribution in [0.3, 0.4) is 0 Å². The van der Waals surface area contributed by atoms with Gasteiger partial charge in [0.25, 0.3) is 5.56 Å². The van der Waals surface area contributed by atoms with Crippen molar-refractivity contribution in [2.45, 2.75) is 6.92 Å². The van der Waals surface area contributed by atoms with Crippen molar-refractivity contribution in [1.29, 1.82) is 0 Å². The maximum Gasteiger partial charge on any atom is 0.341 e. The molecule has 0 saturated carbocycles. The fourth-order valence-corrected chi connectivity index (χ4v) is 3.63. The quantitative estimate of drug-likeness (QED) is 0.692. The first-order valence-electron chi connectivity index (χ1n) is 8.11. The maximum absolute atomic E-state index is 12.5. The lowest BCUT2D eigenvalue weighted by Crippen LogP contribution is -2.25. The SMILES string of the molecule is CCOC(=O)C1=c2ccccc2=NC1=Cc1c(-c2cccs2)[nH][nH]c1=O. The molecule has 4 rings (SSSR count). The van der Waals surface area contributed by atoms with Gasteiger partial charge < -0.3 is 4.74 Å². The molecule has 0 amide bonds. The minimum atomic E-state index is -0.447. The van der Waals surface area contributed by atoms with E-state index >= 15 is 0 Å². The number of fused-ring (bicyclic) bond motifs is 1. The molecule has 1 aliphatic heterocycles. The number of carbonyl (C=O) groups excluding carboxylic acids is 1. The number of esters is 1. The highest BCUT2D eigenvalue weighted by molar-refractivity contribution is 7.13. The van der Waals surface area contributed by atoms with Crippen molar-refractivity contribution in [2.24, 2.45) is 4.99 Å². The van der Waals surface area contributed by atoms with Crippen LogP contribution in [0.5, 0.6) is 0 Å². The van der Waals surface area contributed by atoms with Gasteiger partial charge in [0, 0.05) is 5.22 Å². The number of hydrogen-bond acceptors (Lipinski definition) is 5. The number of rotatable bonds is 4. The van der Waals surface area contributed by atoms with Crippen LogP contribution in [0.25, 0.3) is 22.2 Å². The number of para-hydroxylation sites is 1. The highest BCUT2D eigenvalue weighted by Crippen LogP contribution is 2.27. The first-order chi connectivity index (χ1) is 12.7. The van der Waals surface area contributed by atoms with Gasteiger partial charge in [-0.3, -0.25) is 15.0 Å². The third-order valence-electron chi connectivity index (χ3n) is 4.01. The number of thiophene rings is 1. The van der Waals surface area contributed by atoms with E-state index in [1.807, 2.05) is 41.8 Å². The summed E-state index contributed by atoms with van der Waals surface area (Å²) in [7, 11) is 0. The van der Waals surface area contributed by atoms with Crippen LogP contribution in [0.1, 0.15) is 12.5 Å². The molecule has 0 aliphatic carbocycles. The normalized spacial score (nSPS) is 14.3. The third kappa shape index (κ3) is 2.72. The summed E-state index contributed by atoms with van der Waals surface area (Å²) in [5, 5.41) is 8.84. The summed E-state index contributed by atoms with van der Waals surface area (Å²) in [6.45, 7) is 2.02. The predicted octanol–water partition coefficient (Wildman–Crippen LogP) is 1.82. The van der Waals surface area contributed by atoms with E-state index in [9.17, 15) is 9.59 Å². The van der Waals surface area contributed by atoms with E-state index in [4.69, 9.17) is 4.74 Å². The van der Waals surface area contributed by atoms with Crippen molar-refractivity contribution in [3.8, 4) is 10.6 Å². The van der Waals surface area contributed by atoms with E-state index in [2.05, 4.69) is 15.2 Å². The van der Waals surface area contributed by atoms with Gasteiger partial charge in [-0.15, -0.1) is 11.3 Å². The van der Waals surface area contributed by atoms with Crippen molar-refractivity contribution in [3.05, 3.63) is 74.0 Å². The van der Waals surface area contributed by atoms with Gasteiger partial charge in [-0.05, 0) is 30.5 Å². The van der Waals surface area contributed by atoms with E-state index in [-0.39, 0.29) is 12.2 Å². The van der Waals surface area contributed by atoms with Gasteiger partial charge >= 0.3 is 5.97 Å². The highest BCUT2D eigenvalue weighted by atomic mass is 32.1. The molecule has 0 atom stereocenters. The van der Waals surface area contributed by atoms with Gasteiger partial charge in [0.15, 0.2) is 0 Å². The monoisotopic (exact) mass is 365 g/mol. The molecule has 0 fully saturated rings. The lowest BCUT2D eigenvalue weighted by molar-refractivity contribution is -0.136. The second-order valence-electron chi connectivity index (χ2n) is 5.60. The predicted molar refractivity (Wildman–Crippen MR) is 100.0 cm³/mol. The number of H-pyrrole nitrogens is 2. The van der Waals surface area contributed by atoms with Gasteiger partial charge in [-0.2, -0.15) is 0 Å². The Morgan fingerprint density at radius 3 is 2.85 bits per heavy atom. The van der Waals surface area contributed by atoms with Crippen LogP contribution in [0.4, 0.5) is 0 Å². The third-order valence-corrected chi connectivity index (χ3v) is 4.90. The molecule has 6 nitrogen and oxygen atoms in total. The summed E-state index contributed by atoms with van der Waals surface area (Å²) in [5.41, 5.74) is 1.63. The van der Waals surface area contributed by atoms with Crippen LogP contribution >= 0.6 is 11.3 Å². The van der Waals surface area contributed by atoms with E-state index in [0.717, 1.165) is 4.88 Å². The van der Waals surface area contributed by atoms with Gasteiger partial charge in [0.1, 0.15) is 0 Å². The van der Waals surface area contributed by atoms with Crippen molar-refractivity contribution in [3.63, 3.8) is 0 Å². The molecule has 130 valence electrons. The van der Waals surface area contributed by atoms with E-state index in [1.165, 1.54) is 11.3 Å². The second-order valence-corrected chi connectivity index (χ2v) is 6.55. The fourth-order valence-electron chi connectivity index (χ4n) is 2.89. The lowest BCUT2D eigenvalue weighted by Gasteiger charge is -2.04. The number of ether oxygens (including phenoxy) is 1. The fraction of sp³-hybridized carbons (Fsp3) is 0.105. The number of aromatic nitrogens is 2. The van der Waals surface area contributed by atoms with Crippen LogP contribution < -0.4 is 16.1 Å². The number of carbonyl (C=O) groups is 1. The summed E-state index contributed by atoms with van der Waals surface area (Å²) in [6.07, 6.45) is 1.64. The molecule has 0 radical (unpaired) electrons. The summed E-state index contributed by atoms with van der Waals surface area (Å²) < 4.78 is 5.20. The van der Waals surface area contributed by atoms with Crippen LogP contribution in [0.2, 0.25) is 0 Å². The zero-order chi connectivity index (χ0) is 18.1. The number of benzene rings is 1. The van der Waals surface area contributed by atoms with Crippen LogP contribution in [-0.2, 0) is 9.53 Å². The van der Waals surface area contributed by atoms with E-state index < -0.39 is 5.97 Å². The molecule has 2 N–H and O–H groups in total. The number of nitrogens with one attached hydrogen (secondary N) is 2. The zero-order valence-electron chi connectivity index (χ0n) is 13.9. The van der Waals surface area contributed by atoms with Crippen LogP contribution in [0.15, 0.2) is 57.3 Å². The lowest BCUT2D eigenvalue weighted by atomic mass is 10.1. The Morgan fingerprint density at radius 1 is 1.23 bits per heavy atom. The van der Waals surface area contributed by atoms with Crippen LogP contribution in [-0.4, -0.2) is 22.8 Å². The topological polar surface area (TPSA) is 87.3 Å². The Hall–Kier alpha value is -3.19. The number of aromatic amines is 2. The Bertz CT molecular complexity index is 1180. The summed E-state index contributed by atoms with van der Waals surface area (Å²) in [6, 6.07) is 11.2. The van der Waals surface area contributed by atoms with Crippen LogP contribution in [0, 0.1) is 0 Å². The second kappa shape index (κ2) is 6.61. The molecule has 0 unspecified atom stereocenters. The smallest absolute Gasteiger partial charge is 0.341 e. The van der Waals surface area contributed by atoms with Gasteiger partial charge in [-0.25, -0.2) is 9.79 Å². The van der Waals surface area contributed by atoms with Crippen molar-refractivity contribution >= 4 is 29.0 Å². The van der Waals surface area contributed by atoms with Crippen molar-refractivity contribution < 1.29 is 9.53 Å². The van der Waals surface area contributed by atoms with Crippen molar-refractivity contribution in [1.82, 2.24) is 10.2 Å². The Labute approximate surface area is 152 Å². The van der Waals surface area contributed by atoms with Crippen molar-refractivity contribution in [2.75, 3.05) is 6.61 Å². The Balaban J connectivity index is 1.92.